The molecule has 0 aliphatic carbocycles. The smallest absolute Gasteiger partial charge is 0.145 e. The molecule has 0 unspecified atom stereocenters. The molecule has 2 aromatic heterocycles. The van der Waals surface area contributed by atoms with Crippen LogP contribution in [0.5, 0.6) is 0 Å². The first-order valence-electron chi connectivity index (χ1n) is 21.4. The Morgan fingerprint density at radius 1 is 0.270 bits per heavy atom. The summed E-state index contributed by atoms with van der Waals surface area (Å²) in [6, 6.07) is 83.9. The lowest BCUT2D eigenvalue weighted by Gasteiger charge is -2.27. The largest absolute Gasteiger partial charge is 0.456 e. The summed E-state index contributed by atoms with van der Waals surface area (Å²) in [5.41, 5.74) is 17.8. The first-order valence-corrected chi connectivity index (χ1v) is 21.4. The molecular formula is C60H39NO2. The van der Waals surface area contributed by atoms with Crippen molar-refractivity contribution in [3.8, 4) is 55.6 Å². The Morgan fingerprint density at radius 2 is 0.698 bits per heavy atom. The first kappa shape index (κ1) is 36.5. The maximum absolute atomic E-state index is 7.03. The highest BCUT2D eigenvalue weighted by Gasteiger charge is 2.25. The second-order valence-corrected chi connectivity index (χ2v) is 16.0. The standard InChI is InChI=1S/C60H39NO2/c1-5-14-40(15-6-1)43-24-26-44(27-25-43)45-28-32-49(33-29-45)61(53-22-13-23-55-58(53)51-34-30-47(38-56(51)62-55)41-16-7-2-8-17-41)54-37-36-50(46-20-11-4-12-21-46)60-59(54)52-35-31-48(39-57(52)63-60)42-18-9-3-10-19-42/h1-39H. The van der Waals surface area contributed by atoms with E-state index in [4.69, 9.17) is 8.83 Å². The SMILES string of the molecule is c1ccc(-c2ccc(-c3ccc(N(c4cccc5oc6cc(-c7ccccc7)ccc6c45)c4ccc(-c5ccccc5)c5oc6cc(-c7ccccc7)ccc6c45)cc3)cc2)cc1. The Hall–Kier alpha value is -8.40. The van der Waals surface area contributed by atoms with Crippen LogP contribution >= 0.6 is 0 Å². The van der Waals surface area contributed by atoms with Crippen molar-refractivity contribution in [2.24, 2.45) is 0 Å². The molecule has 0 fully saturated rings. The molecule has 12 rings (SSSR count). The predicted molar refractivity (Wildman–Crippen MR) is 263 cm³/mol. The molecular weight excluding hydrogens is 767 g/mol. The van der Waals surface area contributed by atoms with Crippen LogP contribution in [-0.4, -0.2) is 0 Å². The van der Waals surface area contributed by atoms with E-state index in [-0.39, 0.29) is 0 Å². The molecule has 0 saturated heterocycles. The van der Waals surface area contributed by atoms with Crippen molar-refractivity contribution in [1.82, 2.24) is 0 Å². The number of fused-ring (bicyclic) bond motifs is 6. The Bertz CT molecular complexity index is 3570. The first-order chi connectivity index (χ1) is 31.2. The van der Waals surface area contributed by atoms with Gasteiger partial charge in [-0.25, -0.2) is 0 Å². The van der Waals surface area contributed by atoms with Gasteiger partial charge in [0.2, 0.25) is 0 Å². The van der Waals surface area contributed by atoms with Crippen molar-refractivity contribution in [2.75, 3.05) is 4.90 Å². The summed E-state index contributed by atoms with van der Waals surface area (Å²) in [5, 5.41) is 4.20. The molecule has 0 amide bonds. The van der Waals surface area contributed by atoms with Gasteiger partial charge in [0.15, 0.2) is 0 Å². The zero-order valence-corrected chi connectivity index (χ0v) is 34.3. The minimum absolute atomic E-state index is 0.828. The second kappa shape index (κ2) is 15.3. The third-order valence-corrected chi connectivity index (χ3v) is 12.3. The summed E-state index contributed by atoms with van der Waals surface area (Å²) in [4.78, 5) is 2.39. The zero-order valence-electron chi connectivity index (χ0n) is 34.3. The minimum atomic E-state index is 0.828. The predicted octanol–water partition coefficient (Wildman–Crippen LogP) is 17.3. The third-order valence-electron chi connectivity index (χ3n) is 12.3. The number of benzene rings is 10. The normalized spacial score (nSPS) is 11.5. The topological polar surface area (TPSA) is 29.5 Å². The van der Waals surface area contributed by atoms with Gasteiger partial charge in [-0.15, -0.1) is 0 Å². The fourth-order valence-electron chi connectivity index (χ4n) is 9.20. The molecule has 0 radical (unpaired) electrons. The van der Waals surface area contributed by atoms with Gasteiger partial charge in [-0.1, -0.05) is 176 Å². The number of nitrogens with zero attached hydrogens (tertiary/aromatic N) is 1. The van der Waals surface area contributed by atoms with Crippen molar-refractivity contribution in [3.63, 3.8) is 0 Å². The highest BCUT2D eigenvalue weighted by atomic mass is 16.3. The van der Waals surface area contributed by atoms with E-state index >= 15 is 0 Å². The van der Waals surface area contributed by atoms with Gasteiger partial charge in [0, 0.05) is 22.0 Å². The van der Waals surface area contributed by atoms with E-state index in [0.29, 0.717) is 0 Å². The van der Waals surface area contributed by atoms with Crippen molar-refractivity contribution < 1.29 is 8.83 Å². The van der Waals surface area contributed by atoms with E-state index in [2.05, 4.69) is 235 Å². The van der Waals surface area contributed by atoms with Gasteiger partial charge in [0.05, 0.1) is 22.1 Å². The van der Waals surface area contributed by atoms with Crippen LogP contribution in [0.4, 0.5) is 17.1 Å². The van der Waals surface area contributed by atoms with Gasteiger partial charge in [0.1, 0.15) is 22.3 Å². The maximum atomic E-state index is 7.03. The quantitative estimate of drug-likeness (QED) is 0.153. The molecule has 3 heteroatoms. The average molecular weight is 806 g/mol. The lowest BCUT2D eigenvalue weighted by Crippen LogP contribution is -2.11. The lowest BCUT2D eigenvalue weighted by atomic mass is 9.97. The molecule has 3 nitrogen and oxygen atoms in total. The second-order valence-electron chi connectivity index (χ2n) is 16.0. The maximum Gasteiger partial charge on any atom is 0.145 e. The Kier molecular flexibility index (Phi) is 8.83. The third kappa shape index (κ3) is 6.46. The van der Waals surface area contributed by atoms with Crippen LogP contribution in [0.15, 0.2) is 245 Å². The van der Waals surface area contributed by atoms with E-state index in [0.717, 1.165) is 105 Å². The molecule has 0 aliphatic rings. The Balaban J connectivity index is 1.08. The number of anilines is 3. The Morgan fingerprint density at radius 3 is 1.25 bits per heavy atom. The number of furan rings is 2. The summed E-state index contributed by atoms with van der Waals surface area (Å²) >= 11 is 0. The van der Waals surface area contributed by atoms with Crippen LogP contribution in [0.2, 0.25) is 0 Å². The number of hydrogen-bond donors (Lipinski definition) is 0. The van der Waals surface area contributed by atoms with Gasteiger partial charge in [-0.2, -0.15) is 0 Å². The van der Waals surface area contributed by atoms with Gasteiger partial charge in [-0.3, -0.25) is 0 Å². The monoisotopic (exact) mass is 805 g/mol. The van der Waals surface area contributed by atoms with Crippen molar-refractivity contribution >= 4 is 60.9 Å². The van der Waals surface area contributed by atoms with Gasteiger partial charge in [-0.05, 0) is 111 Å². The van der Waals surface area contributed by atoms with Gasteiger partial charge in [0.25, 0.3) is 0 Å². The van der Waals surface area contributed by atoms with Crippen LogP contribution in [0.25, 0.3) is 99.5 Å². The molecule has 296 valence electrons. The van der Waals surface area contributed by atoms with Crippen molar-refractivity contribution in [2.45, 2.75) is 0 Å². The zero-order chi connectivity index (χ0) is 41.7. The van der Waals surface area contributed by atoms with E-state index in [1.165, 1.54) is 11.1 Å². The molecule has 10 aromatic carbocycles. The summed E-state index contributed by atoms with van der Waals surface area (Å²) in [7, 11) is 0. The summed E-state index contributed by atoms with van der Waals surface area (Å²) in [6.07, 6.45) is 0. The van der Waals surface area contributed by atoms with Gasteiger partial charge < -0.3 is 13.7 Å². The molecule has 0 spiro atoms. The molecule has 0 N–H and O–H groups in total. The Labute approximate surface area is 365 Å². The molecule has 0 bridgehead atoms. The minimum Gasteiger partial charge on any atom is -0.456 e. The van der Waals surface area contributed by atoms with Crippen molar-refractivity contribution in [1.29, 1.82) is 0 Å². The van der Waals surface area contributed by atoms with Crippen molar-refractivity contribution in [3.05, 3.63) is 237 Å². The van der Waals surface area contributed by atoms with Crippen LogP contribution in [0, 0.1) is 0 Å². The van der Waals surface area contributed by atoms with E-state index < -0.39 is 0 Å². The molecule has 63 heavy (non-hydrogen) atoms. The molecule has 0 atom stereocenters. The lowest BCUT2D eigenvalue weighted by molar-refractivity contribution is 0.669. The fourth-order valence-corrected chi connectivity index (χ4v) is 9.20. The summed E-state index contributed by atoms with van der Waals surface area (Å²) in [5.74, 6) is 0. The van der Waals surface area contributed by atoms with E-state index in [1.807, 2.05) is 6.07 Å². The van der Waals surface area contributed by atoms with Crippen LogP contribution < -0.4 is 4.90 Å². The molecule has 0 saturated carbocycles. The molecule has 12 aromatic rings. The van der Waals surface area contributed by atoms with Crippen LogP contribution in [0.3, 0.4) is 0 Å². The van der Waals surface area contributed by atoms with Crippen LogP contribution in [-0.2, 0) is 0 Å². The van der Waals surface area contributed by atoms with E-state index in [9.17, 15) is 0 Å². The molecule has 0 aliphatic heterocycles. The average Bonchev–Trinajstić information content (AvgIpc) is 3.94. The van der Waals surface area contributed by atoms with E-state index in [1.54, 1.807) is 0 Å². The number of hydrogen-bond acceptors (Lipinski definition) is 3. The van der Waals surface area contributed by atoms with Crippen LogP contribution in [0.1, 0.15) is 0 Å². The number of rotatable bonds is 8. The highest BCUT2D eigenvalue weighted by Crippen LogP contribution is 2.49. The summed E-state index contributed by atoms with van der Waals surface area (Å²) in [6.45, 7) is 0. The molecule has 2 heterocycles. The fraction of sp³-hybridized carbons (Fsp3) is 0. The van der Waals surface area contributed by atoms with Gasteiger partial charge >= 0.3 is 0 Å². The summed E-state index contributed by atoms with van der Waals surface area (Å²) < 4.78 is 13.8. The highest BCUT2D eigenvalue weighted by molar-refractivity contribution is 6.20.